The topological polar surface area (TPSA) is 38.8 Å². The highest BCUT2D eigenvalue weighted by molar-refractivity contribution is 5.92. The molecule has 2 aromatic carbocycles. The second-order valence-corrected chi connectivity index (χ2v) is 7.08. The van der Waals surface area contributed by atoms with E-state index in [-0.39, 0.29) is 5.97 Å². The van der Waals surface area contributed by atoms with Gasteiger partial charge in [0.1, 0.15) is 5.75 Å². The van der Waals surface area contributed by atoms with Gasteiger partial charge in [0.05, 0.1) is 25.8 Å². The van der Waals surface area contributed by atoms with Crippen molar-refractivity contribution >= 4 is 5.97 Å². The maximum Gasteiger partial charge on any atom is 0.357 e. The summed E-state index contributed by atoms with van der Waals surface area (Å²) in [5.41, 5.74) is 4.71. The van der Waals surface area contributed by atoms with E-state index in [0.717, 1.165) is 40.8 Å². The SMILES string of the molecule is CCC/C=C/CN(Cc1ccc(OC)cc1)OC(=O)c1c(C)cc(C)cc1C. The molecule has 0 aliphatic heterocycles. The molecule has 0 spiro atoms. The molecule has 0 atom stereocenters. The van der Waals surface area contributed by atoms with E-state index in [1.54, 1.807) is 12.2 Å². The van der Waals surface area contributed by atoms with Crippen molar-refractivity contribution in [3.05, 3.63) is 76.4 Å². The Morgan fingerprint density at radius 2 is 1.68 bits per heavy atom. The second-order valence-electron chi connectivity index (χ2n) is 7.08. The highest BCUT2D eigenvalue weighted by Crippen LogP contribution is 2.19. The first-order valence-electron chi connectivity index (χ1n) is 9.77. The third kappa shape index (κ3) is 6.24. The van der Waals surface area contributed by atoms with Crippen molar-refractivity contribution in [2.24, 2.45) is 0 Å². The van der Waals surface area contributed by atoms with E-state index in [1.807, 2.05) is 57.2 Å². The fourth-order valence-corrected chi connectivity index (χ4v) is 3.21. The van der Waals surface area contributed by atoms with Gasteiger partial charge in [0, 0.05) is 0 Å². The van der Waals surface area contributed by atoms with Crippen LogP contribution in [0.2, 0.25) is 0 Å². The van der Waals surface area contributed by atoms with Crippen LogP contribution >= 0.6 is 0 Å². The van der Waals surface area contributed by atoms with Crippen LogP contribution in [-0.2, 0) is 11.4 Å². The molecular weight excluding hydrogens is 350 g/mol. The molecule has 0 saturated carbocycles. The molecule has 2 aromatic rings. The van der Waals surface area contributed by atoms with Crippen molar-refractivity contribution in [2.75, 3.05) is 13.7 Å². The van der Waals surface area contributed by atoms with Crippen LogP contribution in [0.5, 0.6) is 5.75 Å². The van der Waals surface area contributed by atoms with Crippen LogP contribution in [0.1, 0.15) is 52.4 Å². The molecule has 0 radical (unpaired) electrons. The minimum Gasteiger partial charge on any atom is -0.497 e. The number of methoxy groups -OCH3 is 1. The molecule has 0 heterocycles. The van der Waals surface area contributed by atoms with Crippen molar-refractivity contribution < 1.29 is 14.4 Å². The Labute approximate surface area is 168 Å². The molecule has 0 saturated heterocycles. The normalized spacial score (nSPS) is 11.2. The highest BCUT2D eigenvalue weighted by atomic mass is 16.7. The average molecular weight is 382 g/mol. The minimum absolute atomic E-state index is 0.313. The first-order chi connectivity index (χ1) is 13.4. The van der Waals surface area contributed by atoms with Crippen LogP contribution in [0.3, 0.4) is 0 Å². The van der Waals surface area contributed by atoms with E-state index < -0.39 is 0 Å². The number of hydroxylamine groups is 2. The Balaban J connectivity index is 2.17. The molecule has 0 N–H and O–H groups in total. The van der Waals surface area contributed by atoms with Gasteiger partial charge in [-0.2, -0.15) is 0 Å². The number of benzene rings is 2. The fourth-order valence-electron chi connectivity index (χ4n) is 3.21. The summed E-state index contributed by atoms with van der Waals surface area (Å²) in [4.78, 5) is 18.7. The second kappa shape index (κ2) is 10.7. The van der Waals surface area contributed by atoms with E-state index in [9.17, 15) is 4.79 Å². The van der Waals surface area contributed by atoms with Gasteiger partial charge in [0.25, 0.3) is 0 Å². The van der Waals surface area contributed by atoms with Crippen LogP contribution in [0.15, 0.2) is 48.6 Å². The number of hydrogen-bond donors (Lipinski definition) is 0. The lowest BCUT2D eigenvalue weighted by Crippen LogP contribution is -2.28. The molecule has 0 unspecified atom stereocenters. The van der Waals surface area contributed by atoms with Crippen LogP contribution in [0.25, 0.3) is 0 Å². The standard InChI is InChI=1S/C24H31NO3/c1-6-7-8-9-14-25(17-21-10-12-22(27-5)13-11-21)28-24(26)23-19(3)15-18(2)16-20(23)4/h8-13,15-16H,6-7,14,17H2,1-5H3/b9-8+. The monoisotopic (exact) mass is 381 g/mol. The molecule has 0 aliphatic rings. The van der Waals surface area contributed by atoms with Crippen LogP contribution in [0, 0.1) is 20.8 Å². The van der Waals surface area contributed by atoms with E-state index in [4.69, 9.17) is 9.57 Å². The number of ether oxygens (including phenoxy) is 1. The van der Waals surface area contributed by atoms with Gasteiger partial charge in [0.15, 0.2) is 0 Å². The lowest BCUT2D eigenvalue weighted by Gasteiger charge is -2.21. The summed E-state index contributed by atoms with van der Waals surface area (Å²) < 4.78 is 5.21. The van der Waals surface area contributed by atoms with Crippen molar-refractivity contribution in [1.29, 1.82) is 0 Å². The zero-order chi connectivity index (χ0) is 20.5. The first kappa shape index (κ1) is 21.7. The van der Waals surface area contributed by atoms with Crippen molar-refractivity contribution in [2.45, 2.75) is 47.1 Å². The first-order valence-corrected chi connectivity index (χ1v) is 9.77. The summed E-state index contributed by atoms with van der Waals surface area (Å²) >= 11 is 0. The van der Waals surface area contributed by atoms with Gasteiger partial charge in [-0.1, -0.05) is 55.3 Å². The smallest absolute Gasteiger partial charge is 0.357 e. The number of carbonyl (C=O) groups is 1. The number of unbranched alkanes of at least 4 members (excludes halogenated alkanes) is 1. The van der Waals surface area contributed by atoms with Crippen molar-refractivity contribution in [1.82, 2.24) is 5.06 Å². The quantitative estimate of drug-likeness (QED) is 0.422. The zero-order valence-electron chi connectivity index (χ0n) is 17.6. The lowest BCUT2D eigenvalue weighted by molar-refractivity contribution is -0.108. The van der Waals surface area contributed by atoms with Gasteiger partial charge in [-0.3, -0.25) is 0 Å². The maximum absolute atomic E-state index is 12.9. The van der Waals surface area contributed by atoms with E-state index >= 15 is 0 Å². The predicted octanol–water partition coefficient (Wildman–Crippen LogP) is 5.55. The van der Waals surface area contributed by atoms with Gasteiger partial charge in [-0.25, -0.2) is 4.79 Å². The van der Waals surface area contributed by atoms with Gasteiger partial charge < -0.3 is 9.57 Å². The van der Waals surface area contributed by atoms with Gasteiger partial charge in [-0.15, -0.1) is 5.06 Å². The highest BCUT2D eigenvalue weighted by Gasteiger charge is 2.18. The molecular formula is C24H31NO3. The molecule has 0 amide bonds. The number of carbonyl (C=O) groups excluding carboxylic acids is 1. The number of allylic oxidation sites excluding steroid dienone is 1. The molecule has 28 heavy (non-hydrogen) atoms. The molecule has 4 heteroatoms. The summed E-state index contributed by atoms with van der Waals surface area (Å²) in [6.45, 7) is 9.13. The Kier molecular flexibility index (Phi) is 8.27. The molecule has 4 nitrogen and oxygen atoms in total. The number of aryl methyl sites for hydroxylation is 3. The van der Waals surface area contributed by atoms with E-state index in [0.29, 0.717) is 18.7 Å². The van der Waals surface area contributed by atoms with Gasteiger partial charge in [-0.05, 0) is 56.0 Å². The molecule has 0 bridgehead atoms. The molecule has 2 rings (SSSR count). The zero-order valence-corrected chi connectivity index (χ0v) is 17.6. The third-order valence-corrected chi connectivity index (χ3v) is 4.54. The van der Waals surface area contributed by atoms with E-state index in [1.165, 1.54) is 0 Å². The minimum atomic E-state index is -0.313. The van der Waals surface area contributed by atoms with Crippen LogP contribution in [0.4, 0.5) is 0 Å². The van der Waals surface area contributed by atoms with Crippen molar-refractivity contribution in [3.8, 4) is 5.75 Å². The Morgan fingerprint density at radius 1 is 1.04 bits per heavy atom. The van der Waals surface area contributed by atoms with Crippen molar-refractivity contribution in [3.63, 3.8) is 0 Å². The van der Waals surface area contributed by atoms with Gasteiger partial charge >= 0.3 is 5.97 Å². The summed E-state index contributed by atoms with van der Waals surface area (Å²) in [6.07, 6.45) is 6.28. The average Bonchev–Trinajstić information content (AvgIpc) is 2.65. The summed E-state index contributed by atoms with van der Waals surface area (Å²) in [6, 6.07) is 11.8. The fraction of sp³-hybridized carbons (Fsp3) is 0.375. The summed E-state index contributed by atoms with van der Waals surface area (Å²) in [5, 5.41) is 1.70. The van der Waals surface area contributed by atoms with E-state index in [2.05, 4.69) is 19.1 Å². The van der Waals surface area contributed by atoms with Crippen LogP contribution < -0.4 is 4.74 Å². The third-order valence-electron chi connectivity index (χ3n) is 4.54. The summed E-state index contributed by atoms with van der Waals surface area (Å²) in [7, 11) is 1.65. The molecule has 0 fully saturated rings. The number of nitrogens with zero attached hydrogens (tertiary/aromatic N) is 1. The van der Waals surface area contributed by atoms with Crippen LogP contribution in [-0.4, -0.2) is 24.7 Å². The largest absolute Gasteiger partial charge is 0.497 e. The lowest BCUT2D eigenvalue weighted by atomic mass is 10.0. The summed E-state index contributed by atoms with van der Waals surface area (Å²) in [5.74, 6) is 0.494. The number of rotatable bonds is 9. The van der Waals surface area contributed by atoms with Gasteiger partial charge in [0.2, 0.25) is 0 Å². The Bertz CT molecular complexity index is 786. The number of hydrogen-bond acceptors (Lipinski definition) is 4. The molecule has 0 aliphatic carbocycles. The predicted molar refractivity (Wildman–Crippen MR) is 114 cm³/mol. The maximum atomic E-state index is 12.9. The molecule has 0 aromatic heterocycles. The Morgan fingerprint density at radius 3 is 2.25 bits per heavy atom. The Hall–Kier alpha value is -2.59. The molecule has 150 valence electrons.